The molecule has 5 nitrogen and oxygen atoms in total. The number of nitrogens with zero attached hydrogens (tertiary/aromatic N) is 3. The van der Waals surface area contributed by atoms with Crippen molar-refractivity contribution in [2.75, 3.05) is 40.8 Å². The molecule has 0 radical (unpaired) electrons. The molecule has 1 unspecified atom stereocenters. The summed E-state index contributed by atoms with van der Waals surface area (Å²) >= 11 is 0. The second-order valence-corrected chi connectivity index (χ2v) is 7.60. The monoisotopic (exact) mass is 351 g/mol. The summed E-state index contributed by atoms with van der Waals surface area (Å²) < 4.78 is 5.37. The molecule has 3 atom stereocenters. The maximum atomic E-state index is 12.8. The Labute approximate surface area is 154 Å². The molecule has 2 aliphatic rings. The molecule has 1 aliphatic carbocycles. The van der Waals surface area contributed by atoms with Crippen molar-refractivity contribution < 1.29 is 9.53 Å². The molecule has 1 amide bonds. The minimum absolute atomic E-state index is 0.139. The molecule has 26 heavy (non-hydrogen) atoms. The lowest BCUT2D eigenvalue weighted by Gasteiger charge is -2.21. The van der Waals surface area contributed by atoms with E-state index in [9.17, 15) is 4.79 Å². The summed E-state index contributed by atoms with van der Waals surface area (Å²) in [5.74, 6) is 3.03. The van der Waals surface area contributed by atoms with Crippen molar-refractivity contribution >= 4 is 5.91 Å². The molecule has 2 fully saturated rings. The zero-order valence-electron chi connectivity index (χ0n) is 15.6. The van der Waals surface area contributed by atoms with Crippen molar-refractivity contribution in [2.24, 2.45) is 17.8 Å². The summed E-state index contributed by atoms with van der Waals surface area (Å²) in [6.07, 6.45) is 1.75. The van der Waals surface area contributed by atoms with E-state index in [-0.39, 0.29) is 5.91 Å². The quantitative estimate of drug-likeness (QED) is 0.831. The predicted molar refractivity (Wildman–Crippen MR) is 101 cm³/mol. The highest BCUT2D eigenvalue weighted by molar-refractivity contribution is 5.95. The first-order chi connectivity index (χ1) is 12.6. The Kier molecular flexibility index (Phi) is 4.41. The van der Waals surface area contributed by atoms with E-state index in [0.29, 0.717) is 11.8 Å². The van der Waals surface area contributed by atoms with Crippen LogP contribution >= 0.6 is 0 Å². The number of benzene rings is 1. The molecule has 2 aromatic rings. The number of ether oxygens (including phenoxy) is 1. The minimum atomic E-state index is 0.139. The number of likely N-dealkylation sites (tertiary alicyclic amines) is 1. The van der Waals surface area contributed by atoms with Gasteiger partial charge in [-0.3, -0.25) is 9.78 Å². The number of carbonyl (C=O) groups is 1. The molecule has 2 heterocycles. The van der Waals surface area contributed by atoms with Crippen LogP contribution in [0.15, 0.2) is 42.6 Å². The molecule has 0 spiro atoms. The number of hydrogen-bond donors (Lipinski definition) is 0. The first-order valence-electron chi connectivity index (χ1n) is 9.12. The summed E-state index contributed by atoms with van der Waals surface area (Å²) in [5.41, 5.74) is 2.49. The number of hydrogen-bond acceptors (Lipinski definition) is 4. The summed E-state index contributed by atoms with van der Waals surface area (Å²) in [6, 6.07) is 11.4. The lowest BCUT2D eigenvalue weighted by atomic mass is 10.1. The first-order valence-corrected chi connectivity index (χ1v) is 9.12. The van der Waals surface area contributed by atoms with E-state index in [1.54, 1.807) is 13.3 Å². The fourth-order valence-electron chi connectivity index (χ4n) is 4.23. The smallest absolute Gasteiger partial charge is 0.253 e. The van der Waals surface area contributed by atoms with Crippen LogP contribution < -0.4 is 4.74 Å². The van der Waals surface area contributed by atoms with E-state index in [1.807, 2.05) is 41.3 Å². The number of aromatic nitrogens is 1. The van der Waals surface area contributed by atoms with Gasteiger partial charge in [0.2, 0.25) is 0 Å². The zero-order chi connectivity index (χ0) is 18.3. The van der Waals surface area contributed by atoms with Crippen LogP contribution in [-0.4, -0.2) is 61.5 Å². The predicted octanol–water partition coefficient (Wildman–Crippen LogP) is 2.64. The molecule has 136 valence electrons. The number of piperidine rings is 1. The van der Waals surface area contributed by atoms with E-state index in [2.05, 4.69) is 24.0 Å². The fourth-order valence-corrected chi connectivity index (χ4v) is 4.23. The molecule has 1 aromatic heterocycles. The van der Waals surface area contributed by atoms with Crippen molar-refractivity contribution in [2.45, 2.75) is 0 Å². The number of methoxy groups -OCH3 is 1. The largest absolute Gasteiger partial charge is 0.494 e. The van der Waals surface area contributed by atoms with Crippen molar-refractivity contribution in [3.05, 3.63) is 48.2 Å². The number of rotatable bonds is 5. The van der Waals surface area contributed by atoms with Crippen LogP contribution in [0.5, 0.6) is 5.75 Å². The van der Waals surface area contributed by atoms with Gasteiger partial charge in [0.25, 0.3) is 5.91 Å². The summed E-state index contributed by atoms with van der Waals surface area (Å²) in [6.45, 7) is 2.94. The normalized spacial score (nSPS) is 23.8. The highest BCUT2D eigenvalue weighted by atomic mass is 16.5. The lowest BCUT2D eigenvalue weighted by molar-refractivity contribution is 0.0765. The van der Waals surface area contributed by atoms with Crippen molar-refractivity contribution in [3.8, 4) is 17.0 Å². The van der Waals surface area contributed by atoms with Crippen LogP contribution in [0.3, 0.4) is 0 Å². The lowest BCUT2D eigenvalue weighted by Crippen LogP contribution is -2.33. The third-order valence-corrected chi connectivity index (χ3v) is 5.63. The molecule has 1 aromatic carbocycles. The van der Waals surface area contributed by atoms with Crippen LogP contribution in [0, 0.1) is 17.8 Å². The van der Waals surface area contributed by atoms with Gasteiger partial charge in [-0.1, -0.05) is 12.1 Å². The maximum Gasteiger partial charge on any atom is 0.253 e. The summed E-state index contributed by atoms with van der Waals surface area (Å²) in [7, 11) is 5.88. The van der Waals surface area contributed by atoms with E-state index >= 15 is 0 Å². The highest BCUT2D eigenvalue weighted by Crippen LogP contribution is 2.52. The van der Waals surface area contributed by atoms with E-state index in [1.165, 1.54) is 0 Å². The Morgan fingerprint density at radius 2 is 1.88 bits per heavy atom. The Hall–Kier alpha value is -2.40. The molecule has 0 bridgehead atoms. The Bertz CT molecular complexity index is 791. The Morgan fingerprint density at radius 1 is 1.19 bits per heavy atom. The average Bonchev–Trinajstić information content (AvgIpc) is 3.09. The summed E-state index contributed by atoms with van der Waals surface area (Å²) in [4.78, 5) is 21.4. The van der Waals surface area contributed by atoms with Crippen molar-refractivity contribution in [3.63, 3.8) is 0 Å². The number of carbonyl (C=O) groups excluding carboxylic acids is 1. The molecule has 1 aliphatic heterocycles. The third-order valence-electron chi connectivity index (χ3n) is 5.63. The van der Waals surface area contributed by atoms with Gasteiger partial charge in [-0.05, 0) is 56.1 Å². The molecule has 5 heteroatoms. The Morgan fingerprint density at radius 3 is 2.50 bits per heavy atom. The SMILES string of the molecule is COc1cccnc1-c1ccc(C(=O)N2C[C@@H]3C(CN(C)C)[C@@H]3C2)cc1. The van der Waals surface area contributed by atoms with Crippen molar-refractivity contribution in [1.82, 2.24) is 14.8 Å². The molecule has 0 N–H and O–H groups in total. The second-order valence-electron chi connectivity index (χ2n) is 7.60. The van der Waals surface area contributed by atoms with Gasteiger partial charge in [0.15, 0.2) is 0 Å². The molecular formula is C21H25N3O2. The topological polar surface area (TPSA) is 45.7 Å². The van der Waals surface area contributed by atoms with Gasteiger partial charge < -0.3 is 14.5 Å². The number of amides is 1. The van der Waals surface area contributed by atoms with Gasteiger partial charge in [0.05, 0.1) is 7.11 Å². The highest BCUT2D eigenvalue weighted by Gasteiger charge is 2.56. The van der Waals surface area contributed by atoms with Crippen LogP contribution in [-0.2, 0) is 0 Å². The zero-order valence-corrected chi connectivity index (χ0v) is 15.6. The van der Waals surface area contributed by atoms with Crippen LogP contribution in [0.2, 0.25) is 0 Å². The minimum Gasteiger partial charge on any atom is -0.494 e. The third kappa shape index (κ3) is 3.07. The van der Waals surface area contributed by atoms with Crippen LogP contribution in [0.1, 0.15) is 10.4 Å². The molecule has 1 saturated heterocycles. The van der Waals surface area contributed by atoms with Crippen molar-refractivity contribution in [1.29, 1.82) is 0 Å². The van der Waals surface area contributed by atoms with Crippen LogP contribution in [0.25, 0.3) is 11.3 Å². The number of fused-ring (bicyclic) bond motifs is 1. The second kappa shape index (κ2) is 6.72. The standard InChI is InChI=1S/C21H25N3O2/c1-23(2)11-16-17-12-24(13-18(16)17)21(25)15-8-6-14(7-9-15)20-19(26-3)5-4-10-22-20/h4-10,16-18H,11-13H2,1-3H3/t16?,17-,18+. The van der Waals surface area contributed by atoms with Gasteiger partial charge in [-0.2, -0.15) is 0 Å². The van der Waals surface area contributed by atoms with Gasteiger partial charge in [-0.25, -0.2) is 0 Å². The van der Waals surface area contributed by atoms with Gasteiger partial charge in [0.1, 0.15) is 11.4 Å². The van der Waals surface area contributed by atoms with Gasteiger partial charge in [0, 0.05) is 37.0 Å². The van der Waals surface area contributed by atoms with Crippen LogP contribution in [0.4, 0.5) is 0 Å². The average molecular weight is 351 g/mol. The van der Waals surface area contributed by atoms with E-state index in [0.717, 1.165) is 48.1 Å². The maximum absolute atomic E-state index is 12.8. The number of pyridine rings is 1. The van der Waals surface area contributed by atoms with Gasteiger partial charge >= 0.3 is 0 Å². The summed E-state index contributed by atoms with van der Waals surface area (Å²) in [5, 5.41) is 0. The fraction of sp³-hybridized carbons (Fsp3) is 0.429. The van der Waals surface area contributed by atoms with E-state index < -0.39 is 0 Å². The van der Waals surface area contributed by atoms with Gasteiger partial charge in [-0.15, -0.1) is 0 Å². The van der Waals surface area contributed by atoms with E-state index in [4.69, 9.17) is 4.74 Å². The molecule has 4 rings (SSSR count). The Balaban J connectivity index is 1.43. The first kappa shape index (κ1) is 17.0. The molecular weight excluding hydrogens is 326 g/mol. The molecule has 1 saturated carbocycles.